The van der Waals surface area contributed by atoms with E-state index in [2.05, 4.69) is 5.32 Å². The maximum absolute atomic E-state index is 12.0. The summed E-state index contributed by atoms with van der Waals surface area (Å²) in [6.07, 6.45) is 1.72. The van der Waals surface area contributed by atoms with E-state index in [-0.39, 0.29) is 6.03 Å². The SMILES string of the molecule is CCCN(CCC)C(=O)N[C@@H](C(=O)O)C(C)(C)C. The van der Waals surface area contributed by atoms with E-state index in [1.165, 1.54) is 0 Å². The number of urea groups is 1. The fraction of sp³-hybridized carbons (Fsp3) is 0.846. The summed E-state index contributed by atoms with van der Waals surface area (Å²) in [6, 6.07) is -1.16. The Kier molecular flexibility index (Phi) is 6.73. The molecule has 5 nitrogen and oxygen atoms in total. The van der Waals surface area contributed by atoms with Gasteiger partial charge in [0.2, 0.25) is 0 Å². The lowest BCUT2D eigenvalue weighted by Crippen LogP contribution is -2.53. The number of hydrogen-bond donors (Lipinski definition) is 2. The lowest BCUT2D eigenvalue weighted by Gasteiger charge is -2.31. The first-order chi connectivity index (χ1) is 8.23. The van der Waals surface area contributed by atoms with E-state index < -0.39 is 17.4 Å². The molecule has 2 amide bonds. The third kappa shape index (κ3) is 5.38. The zero-order valence-corrected chi connectivity index (χ0v) is 12.1. The molecule has 106 valence electrons. The molecule has 0 saturated carbocycles. The van der Waals surface area contributed by atoms with Crippen LogP contribution in [-0.2, 0) is 4.79 Å². The molecular formula is C13H26N2O3. The van der Waals surface area contributed by atoms with E-state index in [0.717, 1.165) is 12.8 Å². The topological polar surface area (TPSA) is 69.6 Å². The average Bonchev–Trinajstić information content (AvgIpc) is 2.23. The first-order valence-corrected chi connectivity index (χ1v) is 6.52. The van der Waals surface area contributed by atoms with Crippen molar-refractivity contribution < 1.29 is 14.7 Å². The normalized spacial score (nSPS) is 12.9. The Morgan fingerprint density at radius 1 is 1.17 bits per heavy atom. The molecule has 0 aliphatic rings. The fourth-order valence-electron chi connectivity index (χ4n) is 1.72. The standard InChI is InChI=1S/C13H26N2O3/c1-6-8-15(9-7-2)12(18)14-10(11(16)17)13(3,4)5/h10H,6-9H2,1-5H3,(H,14,18)(H,16,17)/t10-/m0/s1. The third-order valence-corrected chi connectivity index (χ3v) is 2.66. The second kappa shape index (κ2) is 7.24. The minimum absolute atomic E-state index is 0.291. The van der Waals surface area contributed by atoms with E-state index in [1.54, 1.807) is 25.7 Å². The summed E-state index contributed by atoms with van der Waals surface area (Å²) in [5.74, 6) is -0.996. The maximum atomic E-state index is 12.0. The summed E-state index contributed by atoms with van der Waals surface area (Å²) >= 11 is 0. The molecule has 5 heteroatoms. The van der Waals surface area contributed by atoms with Gasteiger partial charge in [-0.2, -0.15) is 0 Å². The van der Waals surface area contributed by atoms with Crippen LogP contribution in [0.1, 0.15) is 47.5 Å². The van der Waals surface area contributed by atoms with Gasteiger partial charge in [0.25, 0.3) is 0 Å². The zero-order chi connectivity index (χ0) is 14.3. The molecule has 0 bridgehead atoms. The molecule has 0 rings (SSSR count). The highest BCUT2D eigenvalue weighted by Gasteiger charge is 2.33. The van der Waals surface area contributed by atoms with Gasteiger partial charge in [0.15, 0.2) is 0 Å². The second-order valence-electron chi connectivity index (χ2n) is 5.57. The smallest absolute Gasteiger partial charge is 0.326 e. The number of carboxylic acids is 1. The number of aliphatic carboxylic acids is 1. The van der Waals surface area contributed by atoms with Crippen molar-refractivity contribution in [3.63, 3.8) is 0 Å². The van der Waals surface area contributed by atoms with Gasteiger partial charge < -0.3 is 15.3 Å². The largest absolute Gasteiger partial charge is 0.480 e. The summed E-state index contributed by atoms with van der Waals surface area (Å²) in [6.45, 7) is 10.7. The van der Waals surface area contributed by atoms with Crippen molar-refractivity contribution in [3.05, 3.63) is 0 Å². The number of nitrogens with one attached hydrogen (secondary N) is 1. The Hall–Kier alpha value is -1.26. The van der Waals surface area contributed by atoms with Crippen LogP contribution in [-0.4, -0.2) is 41.1 Å². The molecule has 0 saturated heterocycles. The van der Waals surface area contributed by atoms with Crippen LogP contribution < -0.4 is 5.32 Å². The van der Waals surface area contributed by atoms with Crippen LogP contribution in [0.5, 0.6) is 0 Å². The van der Waals surface area contributed by atoms with Crippen molar-refractivity contribution in [2.45, 2.75) is 53.5 Å². The molecule has 0 spiro atoms. The Morgan fingerprint density at radius 3 is 1.89 bits per heavy atom. The summed E-state index contributed by atoms with van der Waals surface area (Å²) < 4.78 is 0. The number of carboxylic acid groups (broad SMARTS) is 1. The number of carbonyl (C=O) groups is 2. The van der Waals surface area contributed by atoms with E-state index >= 15 is 0 Å². The summed E-state index contributed by atoms with van der Waals surface area (Å²) in [5.41, 5.74) is -0.508. The number of carbonyl (C=O) groups excluding carboxylic acids is 1. The van der Waals surface area contributed by atoms with Crippen LogP contribution in [0.2, 0.25) is 0 Å². The summed E-state index contributed by atoms with van der Waals surface area (Å²) in [5, 5.41) is 11.8. The minimum atomic E-state index is -0.996. The molecule has 0 aromatic rings. The first-order valence-electron chi connectivity index (χ1n) is 6.52. The van der Waals surface area contributed by atoms with Crippen LogP contribution in [0.25, 0.3) is 0 Å². The van der Waals surface area contributed by atoms with Crippen LogP contribution >= 0.6 is 0 Å². The Morgan fingerprint density at radius 2 is 1.61 bits per heavy atom. The lowest BCUT2D eigenvalue weighted by atomic mass is 9.87. The van der Waals surface area contributed by atoms with Gasteiger partial charge in [0.05, 0.1) is 0 Å². The minimum Gasteiger partial charge on any atom is -0.480 e. The summed E-state index contributed by atoms with van der Waals surface area (Å²) in [4.78, 5) is 24.9. The van der Waals surface area contributed by atoms with Crippen LogP contribution in [0.4, 0.5) is 4.79 Å². The molecule has 0 fully saturated rings. The molecule has 0 radical (unpaired) electrons. The Bertz CT molecular complexity index is 278. The predicted molar refractivity (Wildman–Crippen MR) is 71.6 cm³/mol. The van der Waals surface area contributed by atoms with Crippen LogP contribution in [0.3, 0.4) is 0 Å². The second-order valence-corrected chi connectivity index (χ2v) is 5.57. The molecule has 0 unspecified atom stereocenters. The summed E-state index contributed by atoms with van der Waals surface area (Å²) in [7, 11) is 0. The van der Waals surface area contributed by atoms with Crippen molar-refractivity contribution in [2.24, 2.45) is 5.41 Å². The molecule has 2 N–H and O–H groups in total. The van der Waals surface area contributed by atoms with Gasteiger partial charge in [-0.1, -0.05) is 34.6 Å². The fourth-order valence-corrected chi connectivity index (χ4v) is 1.72. The van der Waals surface area contributed by atoms with Gasteiger partial charge in [-0.05, 0) is 18.3 Å². The van der Waals surface area contributed by atoms with E-state index in [0.29, 0.717) is 13.1 Å². The number of rotatable bonds is 6. The van der Waals surface area contributed by atoms with Crippen molar-refractivity contribution in [1.82, 2.24) is 10.2 Å². The third-order valence-electron chi connectivity index (χ3n) is 2.66. The monoisotopic (exact) mass is 258 g/mol. The lowest BCUT2D eigenvalue weighted by molar-refractivity contribution is -0.142. The van der Waals surface area contributed by atoms with Crippen molar-refractivity contribution >= 4 is 12.0 Å². The van der Waals surface area contributed by atoms with Gasteiger partial charge in [-0.15, -0.1) is 0 Å². The highest BCUT2D eigenvalue weighted by Crippen LogP contribution is 2.19. The molecule has 0 aromatic heterocycles. The number of nitrogens with zero attached hydrogens (tertiary/aromatic N) is 1. The average molecular weight is 258 g/mol. The Balaban J connectivity index is 4.71. The zero-order valence-electron chi connectivity index (χ0n) is 12.1. The maximum Gasteiger partial charge on any atom is 0.326 e. The van der Waals surface area contributed by atoms with Gasteiger partial charge in [0.1, 0.15) is 6.04 Å². The Labute approximate surface area is 110 Å². The molecular weight excluding hydrogens is 232 g/mol. The number of amides is 2. The number of hydrogen-bond acceptors (Lipinski definition) is 2. The van der Waals surface area contributed by atoms with E-state index in [4.69, 9.17) is 5.11 Å². The van der Waals surface area contributed by atoms with Gasteiger partial charge >= 0.3 is 12.0 Å². The molecule has 0 aliphatic carbocycles. The van der Waals surface area contributed by atoms with E-state index in [1.807, 2.05) is 13.8 Å². The van der Waals surface area contributed by atoms with Gasteiger partial charge in [-0.25, -0.2) is 9.59 Å². The van der Waals surface area contributed by atoms with Crippen LogP contribution in [0, 0.1) is 5.41 Å². The van der Waals surface area contributed by atoms with Crippen molar-refractivity contribution in [3.8, 4) is 0 Å². The quantitative estimate of drug-likeness (QED) is 0.768. The van der Waals surface area contributed by atoms with Crippen molar-refractivity contribution in [2.75, 3.05) is 13.1 Å². The first kappa shape index (κ1) is 16.7. The molecule has 0 aromatic carbocycles. The molecule has 0 heterocycles. The highest BCUT2D eigenvalue weighted by atomic mass is 16.4. The molecule has 0 aliphatic heterocycles. The van der Waals surface area contributed by atoms with Crippen LogP contribution in [0.15, 0.2) is 0 Å². The van der Waals surface area contributed by atoms with Crippen molar-refractivity contribution in [1.29, 1.82) is 0 Å². The predicted octanol–water partition coefficient (Wildman–Crippen LogP) is 2.32. The van der Waals surface area contributed by atoms with Gasteiger partial charge in [0, 0.05) is 13.1 Å². The molecule has 1 atom stereocenters. The highest BCUT2D eigenvalue weighted by molar-refractivity contribution is 5.83. The van der Waals surface area contributed by atoms with Gasteiger partial charge in [-0.3, -0.25) is 0 Å². The van der Waals surface area contributed by atoms with E-state index in [9.17, 15) is 9.59 Å². The molecule has 18 heavy (non-hydrogen) atoms.